The number of hydrogen-bond acceptors (Lipinski definition) is 4. The summed E-state index contributed by atoms with van der Waals surface area (Å²) in [7, 11) is 1.73. The smallest absolute Gasteiger partial charge is 0.149 e. The van der Waals surface area contributed by atoms with Crippen molar-refractivity contribution in [1.82, 2.24) is 9.97 Å². The highest BCUT2D eigenvalue weighted by Gasteiger charge is 2.31. The molecule has 3 rings (SSSR count). The summed E-state index contributed by atoms with van der Waals surface area (Å²) in [4.78, 5) is 8.74. The maximum atomic E-state index is 6.07. The van der Waals surface area contributed by atoms with Gasteiger partial charge in [-0.15, -0.1) is 0 Å². The molecule has 2 aromatic rings. The largest absolute Gasteiger partial charge is 0.488 e. The molecule has 0 unspecified atom stereocenters. The van der Waals surface area contributed by atoms with Crippen molar-refractivity contribution in [3.8, 4) is 5.75 Å². The average molecular weight is 358 g/mol. The van der Waals surface area contributed by atoms with Gasteiger partial charge >= 0.3 is 0 Å². The van der Waals surface area contributed by atoms with E-state index in [1.807, 2.05) is 12.1 Å². The first kappa shape index (κ1) is 14.0. The Labute approximate surface area is 130 Å². The molecule has 1 aliphatic rings. The maximum Gasteiger partial charge on any atom is 0.149 e. The third-order valence-corrected chi connectivity index (χ3v) is 4.32. The van der Waals surface area contributed by atoms with Gasteiger partial charge in [-0.1, -0.05) is 27.5 Å². The summed E-state index contributed by atoms with van der Waals surface area (Å²) >= 11 is 9.52. The van der Waals surface area contributed by atoms with Crippen LogP contribution < -0.4 is 4.74 Å². The molecule has 4 nitrogen and oxygen atoms in total. The molecule has 106 valence electrons. The van der Waals surface area contributed by atoms with Crippen molar-refractivity contribution in [2.24, 2.45) is 0 Å². The molecule has 0 amide bonds. The Balaban J connectivity index is 1.93. The molecule has 0 bridgehead atoms. The first-order chi connectivity index (χ1) is 9.71. The second-order valence-electron chi connectivity index (χ2n) is 4.81. The summed E-state index contributed by atoms with van der Waals surface area (Å²) in [5.41, 5.74) is 2.55. The number of hydrogen-bond donors (Lipinski definition) is 0. The van der Waals surface area contributed by atoms with Gasteiger partial charge in [0.2, 0.25) is 0 Å². The minimum atomic E-state index is 0.179. The fourth-order valence-electron chi connectivity index (χ4n) is 2.31. The van der Waals surface area contributed by atoms with Gasteiger partial charge in [0.05, 0.1) is 11.6 Å². The average Bonchev–Trinajstić information content (AvgIpc) is 2.41. The van der Waals surface area contributed by atoms with E-state index in [1.165, 1.54) is 0 Å². The predicted molar refractivity (Wildman–Crippen MR) is 81.6 cm³/mol. The van der Waals surface area contributed by atoms with E-state index in [2.05, 4.69) is 25.9 Å². The van der Waals surface area contributed by atoms with Crippen LogP contribution >= 0.6 is 27.5 Å². The topological polar surface area (TPSA) is 44.2 Å². The molecule has 0 saturated heterocycles. The van der Waals surface area contributed by atoms with Gasteiger partial charge in [-0.05, 0) is 11.6 Å². The zero-order valence-corrected chi connectivity index (χ0v) is 13.3. The van der Waals surface area contributed by atoms with Crippen molar-refractivity contribution in [2.75, 3.05) is 7.11 Å². The van der Waals surface area contributed by atoms with Crippen LogP contribution in [0.25, 0.3) is 11.0 Å². The van der Waals surface area contributed by atoms with Crippen molar-refractivity contribution >= 4 is 38.6 Å². The second kappa shape index (κ2) is 5.84. The zero-order chi connectivity index (χ0) is 14.1. The van der Waals surface area contributed by atoms with E-state index in [1.54, 1.807) is 13.3 Å². The van der Waals surface area contributed by atoms with Gasteiger partial charge in [-0.2, -0.15) is 0 Å². The van der Waals surface area contributed by atoms with Crippen LogP contribution in [-0.4, -0.2) is 29.3 Å². The van der Waals surface area contributed by atoms with E-state index in [0.717, 1.165) is 35.2 Å². The Hall–Kier alpha value is -0.910. The summed E-state index contributed by atoms with van der Waals surface area (Å²) in [5, 5.41) is 1.13. The number of aromatic nitrogens is 2. The van der Waals surface area contributed by atoms with Crippen molar-refractivity contribution in [3.63, 3.8) is 0 Å². The molecule has 0 N–H and O–H groups in total. The molecule has 0 atom stereocenters. The molecule has 0 aliphatic heterocycles. The number of ether oxygens (including phenoxy) is 2. The molecule has 20 heavy (non-hydrogen) atoms. The molecule has 1 saturated carbocycles. The van der Waals surface area contributed by atoms with Gasteiger partial charge in [-0.25, -0.2) is 4.98 Å². The molecule has 0 radical (unpaired) electrons. The van der Waals surface area contributed by atoms with Crippen LogP contribution in [-0.2, 0) is 10.1 Å². The summed E-state index contributed by atoms with van der Waals surface area (Å²) in [6.45, 7) is 0. The van der Waals surface area contributed by atoms with Crippen LogP contribution in [0.1, 0.15) is 18.4 Å². The Morgan fingerprint density at radius 2 is 2.15 bits per heavy atom. The third-order valence-electron chi connectivity index (χ3n) is 3.53. The minimum Gasteiger partial charge on any atom is -0.488 e. The highest BCUT2D eigenvalue weighted by Crippen LogP contribution is 2.32. The lowest BCUT2D eigenvalue weighted by Gasteiger charge is -2.34. The van der Waals surface area contributed by atoms with E-state index < -0.39 is 0 Å². The van der Waals surface area contributed by atoms with Crippen LogP contribution in [0.4, 0.5) is 0 Å². The summed E-state index contributed by atoms with van der Waals surface area (Å²) in [6.07, 6.45) is 4.05. The normalized spacial score (nSPS) is 21.8. The Kier molecular flexibility index (Phi) is 4.10. The second-order valence-corrected chi connectivity index (χ2v) is 5.76. The van der Waals surface area contributed by atoms with E-state index >= 15 is 0 Å². The van der Waals surface area contributed by atoms with Crippen LogP contribution in [0.2, 0.25) is 5.15 Å². The fourth-order valence-corrected chi connectivity index (χ4v) is 2.96. The van der Waals surface area contributed by atoms with Gasteiger partial charge < -0.3 is 9.47 Å². The van der Waals surface area contributed by atoms with E-state index in [-0.39, 0.29) is 6.10 Å². The van der Waals surface area contributed by atoms with Crippen LogP contribution in [0.3, 0.4) is 0 Å². The molecule has 6 heteroatoms. The summed E-state index contributed by atoms with van der Waals surface area (Å²) in [5.74, 6) is 0.735. The van der Waals surface area contributed by atoms with Gasteiger partial charge in [-0.3, -0.25) is 4.98 Å². The van der Waals surface area contributed by atoms with Gasteiger partial charge in [0.25, 0.3) is 0 Å². The Morgan fingerprint density at radius 3 is 2.85 bits per heavy atom. The predicted octanol–water partition coefficient (Wildman–Crippen LogP) is 3.73. The van der Waals surface area contributed by atoms with E-state index in [9.17, 15) is 0 Å². The molecule has 0 spiro atoms. The molecule has 1 aliphatic carbocycles. The van der Waals surface area contributed by atoms with Crippen molar-refractivity contribution in [2.45, 2.75) is 30.4 Å². The number of pyridine rings is 2. The molecule has 0 aromatic carbocycles. The standard InChI is InChI=1S/C14H14BrClN2O2/c1-19-9-5-10(6-9)20-11-2-3-17-13-8(7-15)4-12(16)18-14(11)13/h2-4,9-10H,5-7H2,1H3/t9-,10+. The lowest BCUT2D eigenvalue weighted by molar-refractivity contribution is -0.0376. The number of rotatable bonds is 4. The van der Waals surface area contributed by atoms with Crippen molar-refractivity contribution in [3.05, 3.63) is 29.0 Å². The highest BCUT2D eigenvalue weighted by atomic mass is 79.9. The number of nitrogens with zero attached hydrogens (tertiary/aromatic N) is 2. The minimum absolute atomic E-state index is 0.179. The first-order valence-electron chi connectivity index (χ1n) is 6.40. The van der Waals surface area contributed by atoms with E-state index in [4.69, 9.17) is 21.1 Å². The van der Waals surface area contributed by atoms with Crippen LogP contribution in [0, 0.1) is 0 Å². The van der Waals surface area contributed by atoms with Gasteiger partial charge in [0.15, 0.2) is 0 Å². The molecule has 1 fully saturated rings. The van der Waals surface area contributed by atoms with Gasteiger partial charge in [0, 0.05) is 37.5 Å². The quantitative estimate of drug-likeness (QED) is 0.618. The van der Waals surface area contributed by atoms with Crippen LogP contribution in [0.15, 0.2) is 18.3 Å². The third kappa shape index (κ3) is 2.62. The lowest BCUT2D eigenvalue weighted by atomic mass is 9.92. The lowest BCUT2D eigenvalue weighted by Crippen LogP contribution is -2.38. The number of halogens is 2. The monoisotopic (exact) mass is 356 g/mol. The SMILES string of the molecule is CO[C@H]1C[C@@H](Oc2ccnc3c(CBr)cc(Cl)nc23)C1. The molecular formula is C14H14BrClN2O2. The fraction of sp³-hybridized carbons (Fsp3) is 0.429. The maximum absolute atomic E-state index is 6.07. The summed E-state index contributed by atoms with van der Waals surface area (Å²) < 4.78 is 11.3. The van der Waals surface area contributed by atoms with Crippen molar-refractivity contribution in [1.29, 1.82) is 0 Å². The van der Waals surface area contributed by atoms with E-state index in [0.29, 0.717) is 16.6 Å². The van der Waals surface area contributed by atoms with Crippen LogP contribution in [0.5, 0.6) is 5.75 Å². The number of methoxy groups -OCH3 is 1. The molecule has 2 aromatic heterocycles. The molecular weight excluding hydrogens is 344 g/mol. The number of alkyl halides is 1. The Morgan fingerprint density at radius 1 is 1.35 bits per heavy atom. The summed E-state index contributed by atoms with van der Waals surface area (Å²) in [6, 6.07) is 3.66. The Bertz CT molecular complexity index is 632. The van der Waals surface area contributed by atoms with Gasteiger partial charge in [0.1, 0.15) is 22.5 Å². The number of fused-ring (bicyclic) bond motifs is 1. The molecule has 2 heterocycles. The van der Waals surface area contributed by atoms with Crippen molar-refractivity contribution < 1.29 is 9.47 Å². The first-order valence-corrected chi connectivity index (χ1v) is 7.90. The highest BCUT2D eigenvalue weighted by molar-refractivity contribution is 9.08. The zero-order valence-electron chi connectivity index (χ0n) is 11.0.